The molecule has 0 unspecified atom stereocenters. The lowest BCUT2D eigenvalue weighted by molar-refractivity contribution is -0.156. The first-order valence-electron chi connectivity index (χ1n) is 11.0. The molecule has 1 aromatic heterocycles. The lowest BCUT2D eigenvalue weighted by Gasteiger charge is -2.43. The number of rotatable bonds is 4. The molecule has 4 rings (SSSR count). The zero-order chi connectivity index (χ0) is 24.0. The minimum atomic E-state index is -4.64. The monoisotopic (exact) mass is 462 g/mol. The van der Waals surface area contributed by atoms with Crippen LogP contribution < -0.4 is 4.90 Å². The highest BCUT2D eigenvalue weighted by Crippen LogP contribution is 2.27. The van der Waals surface area contributed by atoms with Crippen molar-refractivity contribution < 1.29 is 22.8 Å². The standard InChI is InChI=1S/C22H28N4O.C2HF3O/c1-24(2)22(27)18-8-6-17(7-9-18)19-10-11-21(23-16-19)26-14-12-25(13-15-26)20-4-3-5-20;3-2(4,5)1-6/h6-11,16,20H,3-5,12-15H2,1-2H3;1H. The van der Waals surface area contributed by atoms with Crippen molar-refractivity contribution in [2.24, 2.45) is 0 Å². The second-order valence-electron chi connectivity index (χ2n) is 8.45. The van der Waals surface area contributed by atoms with Gasteiger partial charge in [-0.05, 0) is 42.7 Å². The lowest BCUT2D eigenvalue weighted by atomic mass is 9.91. The van der Waals surface area contributed by atoms with Crippen LogP contribution in [-0.4, -0.2) is 79.5 Å². The molecule has 0 N–H and O–H groups in total. The van der Waals surface area contributed by atoms with E-state index in [0.717, 1.165) is 49.2 Å². The first-order valence-corrected chi connectivity index (χ1v) is 11.0. The van der Waals surface area contributed by atoms with Gasteiger partial charge in [-0.1, -0.05) is 18.6 Å². The van der Waals surface area contributed by atoms with Gasteiger partial charge in [-0.3, -0.25) is 14.5 Å². The second kappa shape index (κ2) is 10.8. The summed E-state index contributed by atoms with van der Waals surface area (Å²) in [5, 5.41) is 0. The van der Waals surface area contributed by atoms with Gasteiger partial charge in [-0.2, -0.15) is 13.2 Å². The molecule has 9 heteroatoms. The van der Waals surface area contributed by atoms with Gasteiger partial charge < -0.3 is 9.80 Å². The summed E-state index contributed by atoms with van der Waals surface area (Å²) in [5.41, 5.74) is 2.87. The zero-order valence-corrected chi connectivity index (χ0v) is 18.9. The quantitative estimate of drug-likeness (QED) is 0.646. The molecule has 0 radical (unpaired) electrons. The summed E-state index contributed by atoms with van der Waals surface area (Å²) < 4.78 is 31.2. The molecule has 33 heavy (non-hydrogen) atoms. The van der Waals surface area contributed by atoms with Gasteiger partial charge in [0.1, 0.15) is 5.82 Å². The number of aromatic nitrogens is 1. The molecule has 0 spiro atoms. The number of anilines is 1. The first kappa shape index (κ1) is 24.7. The van der Waals surface area contributed by atoms with Gasteiger partial charge in [0.05, 0.1) is 0 Å². The number of alkyl halides is 3. The Kier molecular flexibility index (Phi) is 8.07. The number of halogens is 3. The van der Waals surface area contributed by atoms with E-state index in [4.69, 9.17) is 9.78 Å². The second-order valence-corrected chi connectivity index (χ2v) is 8.45. The predicted molar refractivity (Wildman–Crippen MR) is 121 cm³/mol. The van der Waals surface area contributed by atoms with Crippen molar-refractivity contribution in [1.82, 2.24) is 14.8 Å². The summed E-state index contributed by atoms with van der Waals surface area (Å²) in [7, 11) is 3.54. The zero-order valence-electron chi connectivity index (χ0n) is 18.9. The summed E-state index contributed by atoms with van der Waals surface area (Å²) in [4.78, 5) is 32.0. The number of piperazine rings is 1. The Bertz CT molecular complexity index is 918. The molecule has 2 aliphatic rings. The molecule has 0 bridgehead atoms. The third kappa shape index (κ3) is 6.77. The summed E-state index contributed by atoms with van der Waals surface area (Å²) >= 11 is 0. The maximum Gasteiger partial charge on any atom is 0.446 e. The summed E-state index contributed by atoms with van der Waals surface area (Å²) in [5.74, 6) is 1.09. The van der Waals surface area contributed by atoms with Crippen molar-refractivity contribution in [3.8, 4) is 11.1 Å². The van der Waals surface area contributed by atoms with Gasteiger partial charge in [-0.25, -0.2) is 4.98 Å². The van der Waals surface area contributed by atoms with Crippen LogP contribution >= 0.6 is 0 Å². The fourth-order valence-electron chi connectivity index (χ4n) is 3.88. The largest absolute Gasteiger partial charge is 0.446 e. The lowest BCUT2D eigenvalue weighted by Crippen LogP contribution is -2.52. The minimum absolute atomic E-state index is 0.0241. The van der Waals surface area contributed by atoms with E-state index in [1.54, 1.807) is 19.0 Å². The summed E-state index contributed by atoms with van der Waals surface area (Å²) in [6.07, 6.45) is 0.402. The maximum atomic E-state index is 12.0. The first-order chi connectivity index (χ1) is 15.7. The molecule has 1 amide bonds. The minimum Gasteiger partial charge on any atom is -0.354 e. The van der Waals surface area contributed by atoms with Crippen LogP contribution in [0.1, 0.15) is 29.6 Å². The molecular formula is C24H29F3N4O2. The van der Waals surface area contributed by atoms with E-state index in [-0.39, 0.29) is 5.91 Å². The van der Waals surface area contributed by atoms with Gasteiger partial charge in [0.2, 0.25) is 6.29 Å². The van der Waals surface area contributed by atoms with Gasteiger partial charge >= 0.3 is 6.18 Å². The van der Waals surface area contributed by atoms with Crippen LogP contribution in [0.15, 0.2) is 42.6 Å². The molecule has 2 aromatic rings. The van der Waals surface area contributed by atoms with E-state index in [1.165, 1.54) is 19.3 Å². The number of hydrogen-bond donors (Lipinski definition) is 0. The van der Waals surface area contributed by atoms with E-state index in [9.17, 15) is 18.0 Å². The van der Waals surface area contributed by atoms with Crippen LogP contribution in [-0.2, 0) is 4.79 Å². The number of hydrogen-bond acceptors (Lipinski definition) is 5. The van der Waals surface area contributed by atoms with Crippen LogP contribution in [0.25, 0.3) is 11.1 Å². The van der Waals surface area contributed by atoms with E-state index < -0.39 is 12.5 Å². The average Bonchev–Trinajstić information content (AvgIpc) is 2.78. The van der Waals surface area contributed by atoms with Gasteiger partial charge in [-0.15, -0.1) is 0 Å². The molecule has 1 aliphatic heterocycles. The number of carbonyl (C=O) groups is 2. The van der Waals surface area contributed by atoms with Gasteiger partial charge in [0.15, 0.2) is 0 Å². The van der Waals surface area contributed by atoms with Gasteiger partial charge in [0, 0.05) is 63.6 Å². The number of pyridine rings is 1. The highest BCUT2D eigenvalue weighted by molar-refractivity contribution is 5.94. The highest BCUT2D eigenvalue weighted by Gasteiger charge is 2.28. The fraction of sp³-hybridized carbons (Fsp3) is 0.458. The Morgan fingerprint density at radius 3 is 2.00 bits per heavy atom. The smallest absolute Gasteiger partial charge is 0.354 e. The van der Waals surface area contributed by atoms with Crippen molar-refractivity contribution in [2.75, 3.05) is 45.2 Å². The Morgan fingerprint density at radius 1 is 1.00 bits per heavy atom. The molecule has 1 saturated carbocycles. The molecule has 178 valence electrons. The van der Waals surface area contributed by atoms with Gasteiger partial charge in [0.25, 0.3) is 5.91 Å². The number of amides is 1. The SMILES string of the molecule is CN(C)C(=O)c1ccc(-c2ccc(N3CCN(C4CCC4)CC3)nc2)cc1.O=CC(F)(F)F. The Labute approximate surface area is 192 Å². The van der Waals surface area contributed by atoms with Crippen molar-refractivity contribution in [1.29, 1.82) is 0 Å². The van der Waals surface area contributed by atoms with E-state index >= 15 is 0 Å². The van der Waals surface area contributed by atoms with Crippen LogP contribution in [0.3, 0.4) is 0 Å². The molecule has 1 saturated heterocycles. The van der Waals surface area contributed by atoms with Crippen LogP contribution in [0.5, 0.6) is 0 Å². The van der Waals surface area contributed by atoms with Crippen molar-refractivity contribution in [3.05, 3.63) is 48.2 Å². The molecule has 2 fully saturated rings. The normalized spacial score (nSPS) is 16.9. The molecular weight excluding hydrogens is 433 g/mol. The highest BCUT2D eigenvalue weighted by atomic mass is 19.4. The average molecular weight is 463 g/mol. The van der Waals surface area contributed by atoms with Crippen molar-refractivity contribution >= 4 is 18.0 Å². The molecule has 6 nitrogen and oxygen atoms in total. The molecule has 0 atom stereocenters. The summed E-state index contributed by atoms with van der Waals surface area (Å²) in [6, 6.07) is 12.8. The van der Waals surface area contributed by atoms with E-state index in [0.29, 0.717) is 5.56 Å². The third-order valence-corrected chi connectivity index (χ3v) is 5.98. The van der Waals surface area contributed by atoms with Crippen molar-refractivity contribution in [2.45, 2.75) is 31.5 Å². The number of carbonyl (C=O) groups excluding carboxylic acids is 2. The Balaban J connectivity index is 0.000000454. The number of nitrogens with zero attached hydrogens (tertiary/aromatic N) is 4. The molecule has 2 heterocycles. The fourth-order valence-corrected chi connectivity index (χ4v) is 3.88. The molecule has 1 aliphatic carbocycles. The summed E-state index contributed by atoms with van der Waals surface area (Å²) in [6.45, 7) is 4.42. The van der Waals surface area contributed by atoms with Crippen LogP contribution in [0.4, 0.5) is 19.0 Å². The Hall–Kier alpha value is -2.94. The topological polar surface area (TPSA) is 56.8 Å². The Morgan fingerprint density at radius 2 is 1.58 bits per heavy atom. The van der Waals surface area contributed by atoms with Crippen LogP contribution in [0.2, 0.25) is 0 Å². The van der Waals surface area contributed by atoms with Crippen LogP contribution in [0, 0.1) is 0 Å². The third-order valence-electron chi connectivity index (χ3n) is 5.98. The van der Waals surface area contributed by atoms with E-state index in [1.807, 2.05) is 30.5 Å². The van der Waals surface area contributed by atoms with E-state index in [2.05, 4.69) is 21.9 Å². The van der Waals surface area contributed by atoms with Crippen molar-refractivity contribution in [3.63, 3.8) is 0 Å². The maximum absolute atomic E-state index is 12.0. The molecule has 1 aromatic carbocycles. The number of aldehydes is 1. The number of benzene rings is 1. The predicted octanol–water partition coefficient (Wildman–Crippen LogP) is 3.87.